The van der Waals surface area contributed by atoms with Crippen LogP contribution in [0.2, 0.25) is 5.02 Å². The topological polar surface area (TPSA) is 75.7 Å². The molecule has 1 aliphatic rings. The number of hydrogen-bond acceptors (Lipinski definition) is 4. The Bertz CT molecular complexity index is 925. The molecule has 0 unspecified atom stereocenters. The average Bonchev–Trinajstić information content (AvgIpc) is 2.64. The second-order valence-electron chi connectivity index (χ2n) is 5.93. The first-order valence-electron chi connectivity index (χ1n) is 8.14. The van der Waals surface area contributed by atoms with Gasteiger partial charge in [0.25, 0.3) is 5.91 Å². The van der Waals surface area contributed by atoms with Crippen LogP contribution < -0.4 is 5.32 Å². The van der Waals surface area contributed by atoms with Gasteiger partial charge in [-0.3, -0.25) is 4.79 Å². The molecule has 138 valence electrons. The number of carbonyl (C=O) groups is 1. The van der Waals surface area contributed by atoms with Gasteiger partial charge in [0.1, 0.15) is 0 Å². The van der Waals surface area contributed by atoms with Gasteiger partial charge in [-0.1, -0.05) is 29.8 Å². The van der Waals surface area contributed by atoms with Crippen molar-refractivity contribution in [2.24, 2.45) is 0 Å². The summed E-state index contributed by atoms with van der Waals surface area (Å²) in [6.45, 7) is 3.09. The third-order valence-electron chi connectivity index (χ3n) is 4.18. The number of ether oxygens (including phenoxy) is 1. The van der Waals surface area contributed by atoms with Gasteiger partial charge in [-0.25, -0.2) is 8.42 Å². The normalized spacial score (nSPS) is 15.6. The molecular formula is C18H19ClN2O4S. The first-order valence-corrected chi connectivity index (χ1v) is 9.96. The molecule has 1 saturated heterocycles. The summed E-state index contributed by atoms with van der Waals surface area (Å²) in [5.74, 6) is -0.408. The van der Waals surface area contributed by atoms with Crippen LogP contribution in [0.25, 0.3) is 0 Å². The summed E-state index contributed by atoms with van der Waals surface area (Å²) in [6, 6.07) is 11.4. The molecule has 0 spiro atoms. The molecule has 1 amide bonds. The summed E-state index contributed by atoms with van der Waals surface area (Å²) in [7, 11) is -3.67. The van der Waals surface area contributed by atoms with Gasteiger partial charge in [0.05, 0.1) is 28.8 Å². The molecular weight excluding hydrogens is 376 g/mol. The van der Waals surface area contributed by atoms with E-state index in [2.05, 4.69) is 5.32 Å². The molecule has 1 N–H and O–H groups in total. The van der Waals surface area contributed by atoms with Crippen LogP contribution in [0.1, 0.15) is 15.9 Å². The van der Waals surface area contributed by atoms with Crippen LogP contribution >= 0.6 is 11.6 Å². The predicted octanol–water partition coefficient (Wildman–Crippen LogP) is 2.92. The van der Waals surface area contributed by atoms with Gasteiger partial charge in [-0.15, -0.1) is 0 Å². The van der Waals surface area contributed by atoms with Gasteiger partial charge in [0, 0.05) is 18.7 Å². The highest BCUT2D eigenvalue weighted by atomic mass is 35.5. The molecule has 6 nitrogen and oxygen atoms in total. The lowest BCUT2D eigenvalue weighted by Gasteiger charge is -2.26. The molecule has 1 heterocycles. The van der Waals surface area contributed by atoms with Gasteiger partial charge in [-0.05, 0) is 36.8 Å². The van der Waals surface area contributed by atoms with Crippen LogP contribution in [0.15, 0.2) is 47.4 Å². The molecule has 26 heavy (non-hydrogen) atoms. The quantitative estimate of drug-likeness (QED) is 0.865. The van der Waals surface area contributed by atoms with E-state index in [1.165, 1.54) is 16.4 Å². The molecule has 2 aromatic rings. The van der Waals surface area contributed by atoms with Gasteiger partial charge >= 0.3 is 0 Å². The van der Waals surface area contributed by atoms with Crippen molar-refractivity contribution in [3.8, 4) is 0 Å². The molecule has 0 bridgehead atoms. The number of carbonyl (C=O) groups excluding carboxylic acids is 1. The van der Waals surface area contributed by atoms with Gasteiger partial charge in [-0.2, -0.15) is 4.31 Å². The van der Waals surface area contributed by atoms with Crippen molar-refractivity contribution in [2.45, 2.75) is 11.8 Å². The van der Waals surface area contributed by atoms with E-state index in [-0.39, 0.29) is 4.90 Å². The monoisotopic (exact) mass is 394 g/mol. The maximum Gasteiger partial charge on any atom is 0.256 e. The maximum absolute atomic E-state index is 12.8. The Balaban J connectivity index is 1.90. The van der Waals surface area contributed by atoms with Crippen LogP contribution in [-0.4, -0.2) is 44.9 Å². The number of morpholine rings is 1. The van der Waals surface area contributed by atoms with Crippen molar-refractivity contribution in [1.82, 2.24) is 4.31 Å². The van der Waals surface area contributed by atoms with Gasteiger partial charge < -0.3 is 10.1 Å². The number of nitrogens with zero attached hydrogens (tertiary/aromatic N) is 1. The van der Waals surface area contributed by atoms with Crippen molar-refractivity contribution < 1.29 is 17.9 Å². The van der Waals surface area contributed by atoms with Crippen LogP contribution in [0.5, 0.6) is 0 Å². The van der Waals surface area contributed by atoms with Gasteiger partial charge in [0.15, 0.2) is 0 Å². The summed E-state index contributed by atoms with van der Waals surface area (Å²) in [5.41, 5.74) is 1.44. The van der Waals surface area contributed by atoms with Crippen LogP contribution in [0.4, 0.5) is 5.69 Å². The molecule has 0 aromatic heterocycles. The molecule has 0 saturated carbocycles. The van der Waals surface area contributed by atoms with Crippen molar-refractivity contribution in [3.05, 3.63) is 58.6 Å². The fraction of sp³-hybridized carbons (Fsp3) is 0.278. The number of amides is 1. The first kappa shape index (κ1) is 18.8. The minimum Gasteiger partial charge on any atom is -0.379 e. The Morgan fingerprint density at radius 2 is 1.85 bits per heavy atom. The number of benzene rings is 2. The van der Waals surface area contributed by atoms with Crippen molar-refractivity contribution >= 4 is 33.2 Å². The average molecular weight is 395 g/mol. The number of hydrogen-bond donors (Lipinski definition) is 1. The molecule has 1 fully saturated rings. The van der Waals surface area contributed by atoms with E-state index in [0.29, 0.717) is 48.1 Å². The summed E-state index contributed by atoms with van der Waals surface area (Å²) in [5, 5.41) is 3.14. The Labute approximate surface area is 157 Å². The summed E-state index contributed by atoms with van der Waals surface area (Å²) in [6.07, 6.45) is 0. The summed E-state index contributed by atoms with van der Waals surface area (Å²) >= 11 is 6.07. The van der Waals surface area contributed by atoms with E-state index in [1.54, 1.807) is 37.3 Å². The molecule has 0 radical (unpaired) electrons. The first-order chi connectivity index (χ1) is 12.4. The molecule has 0 aliphatic carbocycles. The lowest BCUT2D eigenvalue weighted by Crippen LogP contribution is -2.40. The molecule has 8 heteroatoms. The van der Waals surface area contributed by atoms with E-state index in [1.807, 2.05) is 0 Å². The Kier molecular flexibility index (Phi) is 5.62. The smallest absolute Gasteiger partial charge is 0.256 e. The maximum atomic E-state index is 12.8. The summed E-state index contributed by atoms with van der Waals surface area (Å²) < 4.78 is 32.2. The van der Waals surface area contributed by atoms with Crippen LogP contribution in [0, 0.1) is 6.92 Å². The zero-order valence-corrected chi connectivity index (χ0v) is 15.8. The molecule has 3 rings (SSSR count). The number of halogens is 1. The lowest BCUT2D eigenvalue weighted by molar-refractivity contribution is 0.0730. The Hall–Kier alpha value is -1.93. The van der Waals surface area contributed by atoms with E-state index in [4.69, 9.17) is 16.3 Å². The van der Waals surface area contributed by atoms with Crippen LogP contribution in [-0.2, 0) is 14.8 Å². The largest absolute Gasteiger partial charge is 0.379 e. The second kappa shape index (κ2) is 7.75. The number of anilines is 1. The van der Waals surface area contributed by atoms with Crippen molar-refractivity contribution in [2.75, 3.05) is 31.6 Å². The standard InChI is InChI=1S/C18H19ClN2O4S/c1-13-6-7-14(26(23,24)21-8-10-25-11-9-21)12-15(13)18(22)20-17-5-3-2-4-16(17)19/h2-7,12H,8-11H2,1H3,(H,20,22). The van der Waals surface area contributed by atoms with E-state index >= 15 is 0 Å². The highest BCUT2D eigenvalue weighted by Crippen LogP contribution is 2.24. The number of para-hydroxylation sites is 1. The Morgan fingerprint density at radius 1 is 1.15 bits per heavy atom. The van der Waals surface area contributed by atoms with E-state index in [9.17, 15) is 13.2 Å². The third-order valence-corrected chi connectivity index (χ3v) is 6.41. The van der Waals surface area contributed by atoms with E-state index in [0.717, 1.165) is 0 Å². The highest BCUT2D eigenvalue weighted by molar-refractivity contribution is 7.89. The summed E-state index contributed by atoms with van der Waals surface area (Å²) in [4.78, 5) is 12.7. The minimum absolute atomic E-state index is 0.0920. The van der Waals surface area contributed by atoms with Crippen molar-refractivity contribution in [3.63, 3.8) is 0 Å². The predicted molar refractivity (Wildman–Crippen MR) is 100 cm³/mol. The lowest BCUT2D eigenvalue weighted by atomic mass is 10.1. The third kappa shape index (κ3) is 3.91. The van der Waals surface area contributed by atoms with E-state index < -0.39 is 15.9 Å². The Morgan fingerprint density at radius 3 is 2.54 bits per heavy atom. The number of nitrogens with one attached hydrogen (secondary N) is 1. The number of aryl methyl sites for hydroxylation is 1. The minimum atomic E-state index is -3.67. The zero-order chi connectivity index (χ0) is 18.7. The fourth-order valence-electron chi connectivity index (χ4n) is 2.69. The molecule has 0 atom stereocenters. The SMILES string of the molecule is Cc1ccc(S(=O)(=O)N2CCOCC2)cc1C(=O)Nc1ccccc1Cl. The van der Waals surface area contributed by atoms with Gasteiger partial charge in [0.2, 0.25) is 10.0 Å². The highest BCUT2D eigenvalue weighted by Gasteiger charge is 2.27. The fourth-order valence-corrected chi connectivity index (χ4v) is 4.31. The van der Waals surface area contributed by atoms with Crippen LogP contribution in [0.3, 0.4) is 0 Å². The molecule has 2 aromatic carbocycles. The number of rotatable bonds is 4. The second-order valence-corrected chi connectivity index (χ2v) is 8.27. The zero-order valence-electron chi connectivity index (χ0n) is 14.2. The van der Waals surface area contributed by atoms with Crippen molar-refractivity contribution in [1.29, 1.82) is 0 Å². The number of sulfonamides is 1. The molecule has 1 aliphatic heterocycles.